The monoisotopic (exact) mass is 446 g/mol. The zero-order valence-corrected chi connectivity index (χ0v) is 19.5. The van der Waals surface area contributed by atoms with Crippen LogP contribution in [0.15, 0.2) is 0 Å². The highest BCUT2D eigenvalue weighted by molar-refractivity contribution is 7.17. The van der Waals surface area contributed by atoms with Crippen molar-refractivity contribution in [2.75, 3.05) is 44.6 Å². The van der Waals surface area contributed by atoms with Gasteiger partial charge < -0.3 is 10.1 Å². The lowest BCUT2D eigenvalue weighted by Crippen LogP contribution is -2.60. The Morgan fingerprint density at radius 1 is 1.06 bits per heavy atom. The molecule has 5 aliphatic rings. The van der Waals surface area contributed by atoms with Crippen LogP contribution in [0.4, 0.5) is 5.13 Å². The summed E-state index contributed by atoms with van der Waals surface area (Å²) < 4.78 is 5.05. The number of rotatable bonds is 6. The minimum absolute atomic E-state index is 0.0627. The highest BCUT2D eigenvalue weighted by Gasteiger charge is 2.50. The van der Waals surface area contributed by atoms with E-state index in [1.54, 1.807) is 13.8 Å². The van der Waals surface area contributed by atoms with E-state index < -0.39 is 0 Å². The smallest absolute Gasteiger partial charge is 0.350 e. The molecule has 0 unspecified atom stereocenters. The van der Waals surface area contributed by atoms with E-state index in [9.17, 15) is 9.59 Å². The highest BCUT2D eigenvalue weighted by Crippen LogP contribution is 2.55. The molecule has 1 amide bonds. The van der Waals surface area contributed by atoms with Crippen LogP contribution in [-0.2, 0) is 9.53 Å². The largest absolute Gasteiger partial charge is 0.462 e. The van der Waals surface area contributed by atoms with E-state index in [0.29, 0.717) is 28.9 Å². The number of hydrogen-bond acceptors (Lipinski definition) is 7. The summed E-state index contributed by atoms with van der Waals surface area (Å²) in [6.45, 7) is 8.29. The molecular formula is C23H34N4O3S. The average Bonchev–Trinajstić information content (AvgIpc) is 3.08. The summed E-state index contributed by atoms with van der Waals surface area (Å²) in [6, 6.07) is 0.795. The number of piperazine rings is 1. The van der Waals surface area contributed by atoms with Gasteiger partial charge in [0.05, 0.1) is 18.8 Å². The van der Waals surface area contributed by atoms with Crippen molar-refractivity contribution >= 4 is 28.3 Å². The highest BCUT2D eigenvalue weighted by atomic mass is 32.1. The van der Waals surface area contributed by atoms with E-state index in [0.717, 1.165) is 55.9 Å². The molecule has 4 bridgehead atoms. The van der Waals surface area contributed by atoms with Gasteiger partial charge in [-0.3, -0.25) is 14.6 Å². The Morgan fingerprint density at radius 3 is 2.32 bits per heavy atom. The van der Waals surface area contributed by atoms with Gasteiger partial charge in [0.15, 0.2) is 5.13 Å². The molecule has 0 spiro atoms. The summed E-state index contributed by atoms with van der Waals surface area (Å²) in [4.78, 5) is 34.3. The molecule has 0 atom stereocenters. The molecule has 1 saturated heterocycles. The fourth-order valence-corrected chi connectivity index (χ4v) is 7.79. The molecule has 31 heavy (non-hydrogen) atoms. The first kappa shape index (κ1) is 21.3. The molecule has 8 heteroatoms. The van der Waals surface area contributed by atoms with Crippen molar-refractivity contribution in [2.24, 2.45) is 23.7 Å². The maximum absolute atomic E-state index is 12.6. The van der Waals surface area contributed by atoms with E-state index in [2.05, 4.69) is 20.1 Å². The standard InChI is InChI=1S/C23H34N4O3S/c1-3-30-22(29)21-14(2)24-23(31-21)25-19(28)13-26-4-6-27(7-5-26)20-17-9-15-8-16(11-17)12-18(20)10-15/h15-18,20H,3-13H2,1-2H3,(H,24,25,28). The first-order valence-electron chi connectivity index (χ1n) is 11.9. The third-order valence-corrected chi connectivity index (χ3v) is 8.93. The van der Waals surface area contributed by atoms with Crippen LogP contribution < -0.4 is 5.32 Å². The van der Waals surface area contributed by atoms with Crippen molar-refractivity contribution in [3.05, 3.63) is 10.6 Å². The zero-order valence-electron chi connectivity index (χ0n) is 18.6. The Balaban J connectivity index is 1.11. The van der Waals surface area contributed by atoms with Gasteiger partial charge in [-0.25, -0.2) is 9.78 Å². The van der Waals surface area contributed by atoms with Crippen molar-refractivity contribution in [2.45, 2.75) is 52.0 Å². The van der Waals surface area contributed by atoms with Crippen LogP contribution in [-0.4, -0.2) is 72.0 Å². The number of nitrogens with one attached hydrogen (secondary N) is 1. The molecule has 1 aliphatic heterocycles. The number of hydrogen-bond donors (Lipinski definition) is 1. The predicted molar refractivity (Wildman–Crippen MR) is 120 cm³/mol. The van der Waals surface area contributed by atoms with Gasteiger partial charge in [-0.05, 0) is 69.6 Å². The number of anilines is 1. The van der Waals surface area contributed by atoms with Gasteiger partial charge >= 0.3 is 5.97 Å². The minimum atomic E-state index is -0.376. The van der Waals surface area contributed by atoms with Gasteiger partial charge in [-0.2, -0.15) is 0 Å². The Morgan fingerprint density at radius 2 is 1.71 bits per heavy atom. The summed E-state index contributed by atoms with van der Waals surface area (Å²) in [5.41, 5.74) is 0.600. The number of nitrogens with zero attached hydrogens (tertiary/aromatic N) is 3. The molecule has 1 aromatic rings. The zero-order chi connectivity index (χ0) is 21.5. The second-order valence-corrected chi connectivity index (χ2v) is 10.9. The van der Waals surface area contributed by atoms with Crippen LogP contribution >= 0.6 is 11.3 Å². The summed E-state index contributed by atoms with van der Waals surface area (Å²) in [7, 11) is 0. The number of aryl methyl sites for hydroxylation is 1. The molecule has 7 nitrogen and oxygen atoms in total. The fraction of sp³-hybridized carbons (Fsp3) is 0.783. The number of aromatic nitrogens is 1. The number of amides is 1. The van der Waals surface area contributed by atoms with Gasteiger partial charge in [0.2, 0.25) is 5.91 Å². The van der Waals surface area contributed by atoms with Gasteiger partial charge in [0, 0.05) is 32.2 Å². The topological polar surface area (TPSA) is 74.8 Å². The number of carbonyl (C=O) groups is 2. The molecule has 0 radical (unpaired) electrons. The molecule has 5 fully saturated rings. The lowest BCUT2D eigenvalue weighted by atomic mass is 9.54. The van der Waals surface area contributed by atoms with Crippen molar-refractivity contribution in [1.82, 2.24) is 14.8 Å². The SMILES string of the molecule is CCOC(=O)c1sc(NC(=O)CN2CCN(C3C4CC5CC(C4)CC3C5)CC2)nc1C. The molecule has 1 aromatic heterocycles. The maximum atomic E-state index is 12.6. The molecule has 170 valence electrons. The Bertz CT molecular complexity index is 805. The molecule has 0 aromatic carbocycles. The van der Waals surface area contributed by atoms with Crippen LogP contribution in [0.2, 0.25) is 0 Å². The first-order valence-corrected chi connectivity index (χ1v) is 12.7. The van der Waals surface area contributed by atoms with Crippen molar-refractivity contribution < 1.29 is 14.3 Å². The number of ether oxygens (including phenoxy) is 1. The van der Waals surface area contributed by atoms with Crippen LogP contribution in [0.25, 0.3) is 0 Å². The Hall–Kier alpha value is -1.51. The minimum Gasteiger partial charge on any atom is -0.462 e. The van der Waals surface area contributed by atoms with Gasteiger partial charge in [0.25, 0.3) is 0 Å². The van der Waals surface area contributed by atoms with E-state index >= 15 is 0 Å². The second kappa shape index (κ2) is 8.79. The maximum Gasteiger partial charge on any atom is 0.350 e. The summed E-state index contributed by atoms with van der Waals surface area (Å²) >= 11 is 1.19. The quantitative estimate of drug-likeness (QED) is 0.677. The molecule has 4 saturated carbocycles. The van der Waals surface area contributed by atoms with Gasteiger partial charge in [-0.15, -0.1) is 0 Å². The van der Waals surface area contributed by atoms with Crippen LogP contribution in [0.5, 0.6) is 0 Å². The number of thiazole rings is 1. The molecule has 1 N–H and O–H groups in total. The lowest BCUT2D eigenvalue weighted by Gasteiger charge is -2.58. The normalized spacial score (nSPS) is 32.9. The average molecular weight is 447 g/mol. The van der Waals surface area contributed by atoms with Crippen LogP contribution in [0.3, 0.4) is 0 Å². The van der Waals surface area contributed by atoms with E-state index in [4.69, 9.17) is 4.74 Å². The Kier molecular flexibility index (Phi) is 6.05. The van der Waals surface area contributed by atoms with E-state index in [-0.39, 0.29) is 11.9 Å². The van der Waals surface area contributed by atoms with Crippen molar-refractivity contribution in [1.29, 1.82) is 0 Å². The van der Waals surface area contributed by atoms with Crippen molar-refractivity contribution in [3.63, 3.8) is 0 Å². The third kappa shape index (κ3) is 4.39. The Labute approximate surface area is 188 Å². The van der Waals surface area contributed by atoms with Crippen LogP contribution in [0.1, 0.15) is 54.4 Å². The molecular weight excluding hydrogens is 412 g/mol. The number of carbonyl (C=O) groups excluding carboxylic acids is 2. The third-order valence-electron chi connectivity index (χ3n) is 7.88. The lowest BCUT2D eigenvalue weighted by molar-refractivity contribution is -0.118. The number of esters is 1. The first-order chi connectivity index (χ1) is 15.0. The van der Waals surface area contributed by atoms with E-state index in [1.165, 1.54) is 43.4 Å². The summed E-state index contributed by atoms with van der Waals surface area (Å²) in [5.74, 6) is 3.44. The molecule has 6 rings (SSSR count). The van der Waals surface area contributed by atoms with Crippen LogP contribution in [0, 0.1) is 30.6 Å². The molecule has 2 heterocycles. The summed E-state index contributed by atoms with van der Waals surface area (Å²) in [5, 5.41) is 3.34. The van der Waals surface area contributed by atoms with Gasteiger partial charge in [0.1, 0.15) is 4.88 Å². The molecule has 4 aliphatic carbocycles. The van der Waals surface area contributed by atoms with E-state index in [1.807, 2.05) is 0 Å². The van der Waals surface area contributed by atoms with Crippen molar-refractivity contribution in [3.8, 4) is 0 Å². The fourth-order valence-electron chi connectivity index (χ4n) is 6.91. The van der Waals surface area contributed by atoms with Gasteiger partial charge in [-0.1, -0.05) is 11.3 Å². The summed E-state index contributed by atoms with van der Waals surface area (Å²) in [6.07, 6.45) is 7.34. The second-order valence-electron chi connectivity index (χ2n) is 9.94. The predicted octanol–water partition coefficient (Wildman–Crippen LogP) is 3.01.